The average Bonchev–Trinajstić information content (AvgIpc) is 2.13. The molecule has 3 heteroatoms. The first-order chi connectivity index (χ1) is 6.91. The second-order valence-corrected chi connectivity index (χ2v) is 6.03. The van der Waals surface area contributed by atoms with E-state index in [0.717, 1.165) is 0 Å². The number of nitrogen functional groups attached to an aromatic ring is 1. The molecule has 0 radical (unpaired) electrons. The van der Waals surface area contributed by atoms with Gasteiger partial charge in [-0.25, -0.2) is 0 Å². The summed E-state index contributed by atoms with van der Waals surface area (Å²) in [5, 5.41) is 1.24. The Morgan fingerprint density at radius 2 is 1.87 bits per heavy atom. The van der Waals surface area contributed by atoms with E-state index >= 15 is 0 Å². The predicted octanol–water partition coefficient (Wildman–Crippen LogP) is 4.37. The van der Waals surface area contributed by atoms with Gasteiger partial charge in [0, 0.05) is 10.1 Å². The zero-order valence-electron chi connectivity index (χ0n) is 9.67. The predicted molar refractivity (Wildman–Crippen MR) is 70.8 cm³/mol. The van der Waals surface area contributed by atoms with Crippen molar-refractivity contribution in [2.24, 2.45) is 5.92 Å². The van der Waals surface area contributed by atoms with Gasteiger partial charge < -0.3 is 5.73 Å². The topological polar surface area (TPSA) is 26.0 Å². The molecule has 0 spiro atoms. The monoisotopic (exact) mass is 243 g/mol. The van der Waals surface area contributed by atoms with Crippen LogP contribution in [-0.2, 0) is 0 Å². The fourth-order valence-corrected chi connectivity index (χ4v) is 2.48. The summed E-state index contributed by atoms with van der Waals surface area (Å²) in [6.07, 6.45) is 0. The molecular weight excluding hydrogens is 226 g/mol. The second-order valence-electron chi connectivity index (χ2n) is 4.21. The summed E-state index contributed by atoms with van der Waals surface area (Å²) < 4.78 is 0. The lowest BCUT2D eigenvalue weighted by atomic mass is 10.2. The Kier molecular flexibility index (Phi) is 4.35. The standard InChI is InChI=1S/C12H18ClNS/c1-7(2)9(4)15-12-6-10(13)11(14)5-8(12)3/h5-7,9H,14H2,1-4H3. The van der Waals surface area contributed by atoms with Crippen LogP contribution in [0.5, 0.6) is 0 Å². The molecule has 0 saturated carbocycles. The van der Waals surface area contributed by atoms with Gasteiger partial charge in [0.2, 0.25) is 0 Å². The molecule has 1 unspecified atom stereocenters. The SMILES string of the molecule is Cc1cc(N)c(Cl)cc1SC(C)C(C)C. The summed E-state index contributed by atoms with van der Waals surface area (Å²) in [6, 6.07) is 3.91. The first-order valence-electron chi connectivity index (χ1n) is 5.14. The van der Waals surface area contributed by atoms with Crippen LogP contribution in [0.3, 0.4) is 0 Å². The molecule has 0 aliphatic carbocycles. The van der Waals surface area contributed by atoms with E-state index in [1.165, 1.54) is 10.5 Å². The van der Waals surface area contributed by atoms with E-state index in [-0.39, 0.29) is 0 Å². The summed E-state index contributed by atoms with van der Waals surface area (Å²) in [5.74, 6) is 0.658. The first-order valence-corrected chi connectivity index (χ1v) is 6.40. The fraction of sp³-hybridized carbons (Fsp3) is 0.500. The highest BCUT2D eigenvalue weighted by molar-refractivity contribution is 8.00. The van der Waals surface area contributed by atoms with Gasteiger partial charge in [-0.2, -0.15) is 0 Å². The molecule has 0 aliphatic rings. The van der Waals surface area contributed by atoms with Crippen molar-refractivity contribution >= 4 is 29.1 Å². The summed E-state index contributed by atoms with van der Waals surface area (Å²) in [6.45, 7) is 8.76. The fourth-order valence-electron chi connectivity index (χ4n) is 1.15. The van der Waals surface area contributed by atoms with Crippen LogP contribution >= 0.6 is 23.4 Å². The molecule has 0 aromatic heterocycles. The number of thioether (sulfide) groups is 1. The zero-order valence-corrected chi connectivity index (χ0v) is 11.2. The summed E-state index contributed by atoms with van der Waals surface area (Å²) in [4.78, 5) is 1.23. The van der Waals surface area contributed by atoms with Crippen LogP contribution in [0.2, 0.25) is 5.02 Å². The number of benzene rings is 1. The van der Waals surface area contributed by atoms with Gasteiger partial charge in [0.15, 0.2) is 0 Å². The van der Waals surface area contributed by atoms with Crippen molar-refractivity contribution in [1.82, 2.24) is 0 Å². The molecule has 2 N–H and O–H groups in total. The Bertz CT molecular complexity index is 350. The van der Waals surface area contributed by atoms with Crippen molar-refractivity contribution in [2.45, 2.75) is 37.8 Å². The molecule has 0 saturated heterocycles. The van der Waals surface area contributed by atoms with Crippen LogP contribution in [-0.4, -0.2) is 5.25 Å². The van der Waals surface area contributed by atoms with E-state index in [1.807, 2.05) is 23.9 Å². The summed E-state index contributed by atoms with van der Waals surface area (Å²) in [5.41, 5.74) is 7.60. The van der Waals surface area contributed by atoms with E-state index in [0.29, 0.717) is 21.9 Å². The third kappa shape index (κ3) is 3.32. The third-order valence-electron chi connectivity index (χ3n) is 2.55. The number of hydrogen-bond donors (Lipinski definition) is 1. The lowest BCUT2D eigenvalue weighted by Crippen LogP contribution is -2.05. The highest BCUT2D eigenvalue weighted by Crippen LogP contribution is 2.34. The van der Waals surface area contributed by atoms with Crippen LogP contribution < -0.4 is 5.73 Å². The van der Waals surface area contributed by atoms with Crippen LogP contribution in [0.15, 0.2) is 17.0 Å². The smallest absolute Gasteiger partial charge is 0.0646 e. The maximum Gasteiger partial charge on any atom is 0.0646 e. The van der Waals surface area contributed by atoms with Gasteiger partial charge in [-0.1, -0.05) is 32.4 Å². The molecule has 0 fully saturated rings. The Morgan fingerprint density at radius 3 is 2.40 bits per heavy atom. The molecule has 0 aliphatic heterocycles. The molecular formula is C12H18ClNS. The minimum atomic E-state index is 0.586. The lowest BCUT2D eigenvalue weighted by molar-refractivity contribution is 0.642. The van der Waals surface area contributed by atoms with Crippen molar-refractivity contribution in [3.63, 3.8) is 0 Å². The second kappa shape index (κ2) is 5.13. The number of halogens is 1. The van der Waals surface area contributed by atoms with Crippen molar-refractivity contribution in [2.75, 3.05) is 5.73 Å². The van der Waals surface area contributed by atoms with Crippen LogP contribution in [0, 0.1) is 12.8 Å². The molecule has 1 rings (SSSR count). The van der Waals surface area contributed by atoms with E-state index < -0.39 is 0 Å². The molecule has 0 heterocycles. The highest BCUT2D eigenvalue weighted by Gasteiger charge is 2.11. The van der Waals surface area contributed by atoms with Crippen LogP contribution in [0.1, 0.15) is 26.3 Å². The normalized spacial score (nSPS) is 13.2. The Balaban J connectivity index is 2.91. The van der Waals surface area contributed by atoms with Crippen molar-refractivity contribution in [1.29, 1.82) is 0 Å². The maximum atomic E-state index is 6.01. The van der Waals surface area contributed by atoms with E-state index in [4.69, 9.17) is 17.3 Å². The highest BCUT2D eigenvalue weighted by atomic mass is 35.5. The van der Waals surface area contributed by atoms with Crippen LogP contribution in [0.4, 0.5) is 5.69 Å². The molecule has 1 nitrogen and oxygen atoms in total. The van der Waals surface area contributed by atoms with Gasteiger partial charge in [-0.15, -0.1) is 11.8 Å². The molecule has 15 heavy (non-hydrogen) atoms. The number of rotatable bonds is 3. The Morgan fingerprint density at radius 1 is 1.27 bits per heavy atom. The van der Waals surface area contributed by atoms with Gasteiger partial charge in [0.1, 0.15) is 0 Å². The molecule has 0 amide bonds. The van der Waals surface area contributed by atoms with Gasteiger partial charge in [-0.3, -0.25) is 0 Å². The minimum Gasteiger partial charge on any atom is -0.398 e. The van der Waals surface area contributed by atoms with E-state index in [9.17, 15) is 0 Å². The van der Waals surface area contributed by atoms with Gasteiger partial charge >= 0.3 is 0 Å². The molecule has 1 aromatic rings. The van der Waals surface area contributed by atoms with Gasteiger partial charge in [-0.05, 0) is 30.5 Å². The first kappa shape index (κ1) is 12.7. The summed E-state index contributed by atoms with van der Waals surface area (Å²) >= 11 is 7.87. The molecule has 84 valence electrons. The maximum absolute atomic E-state index is 6.01. The average molecular weight is 244 g/mol. The van der Waals surface area contributed by atoms with E-state index in [2.05, 4.69) is 27.7 Å². The Labute approximate surface area is 101 Å². The van der Waals surface area contributed by atoms with Crippen LogP contribution in [0.25, 0.3) is 0 Å². The lowest BCUT2D eigenvalue weighted by Gasteiger charge is -2.17. The van der Waals surface area contributed by atoms with Crippen molar-refractivity contribution < 1.29 is 0 Å². The van der Waals surface area contributed by atoms with E-state index in [1.54, 1.807) is 0 Å². The number of hydrogen-bond acceptors (Lipinski definition) is 2. The quantitative estimate of drug-likeness (QED) is 0.630. The Hall–Kier alpha value is -0.340. The number of nitrogens with two attached hydrogens (primary N) is 1. The van der Waals surface area contributed by atoms with Gasteiger partial charge in [0.25, 0.3) is 0 Å². The molecule has 0 bridgehead atoms. The summed E-state index contributed by atoms with van der Waals surface area (Å²) in [7, 11) is 0. The number of aryl methyl sites for hydroxylation is 1. The molecule has 1 aromatic carbocycles. The zero-order chi connectivity index (χ0) is 11.6. The largest absolute Gasteiger partial charge is 0.398 e. The number of anilines is 1. The molecule has 1 atom stereocenters. The van der Waals surface area contributed by atoms with Crippen molar-refractivity contribution in [3.05, 3.63) is 22.7 Å². The third-order valence-corrected chi connectivity index (χ3v) is 4.48. The van der Waals surface area contributed by atoms with Crippen molar-refractivity contribution in [3.8, 4) is 0 Å². The van der Waals surface area contributed by atoms with Gasteiger partial charge in [0.05, 0.1) is 10.7 Å². The minimum absolute atomic E-state index is 0.586.